The van der Waals surface area contributed by atoms with E-state index >= 15 is 0 Å². The van der Waals surface area contributed by atoms with Gasteiger partial charge in [0.1, 0.15) is 0 Å². The van der Waals surface area contributed by atoms with Crippen LogP contribution in [-0.2, 0) is 16.0 Å². The maximum atomic E-state index is 6.02. The molecule has 0 unspecified atom stereocenters. The highest BCUT2D eigenvalue weighted by Gasteiger charge is 2.23. The summed E-state index contributed by atoms with van der Waals surface area (Å²) in [6.45, 7) is 4.29. The second kappa shape index (κ2) is 8.03. The average Bonchev–Trinajstić information content (AvgIpc) is 3.34. The zero-order chi connectivity index (χ0) is 16.9. The van der Waals surface area contributed by atoms with Gasteiger partial charge in [-0.15, -0.1) is 0 Å². The van der Waals surface area contributed by atoms with E-state index < -0.39 is 0 Å². The molecule has 0 spiro atoms. The Morgan fingerprint density at radius 1 is 1.24 bits per heavy atom. The molecule has 4 heterocycles. The number of likely N-dealkylation sites (tertiary alicyclic amines) is 1. The molecular formula is C18H24N4O3. The molecule has 2 aromatic rings. The summed E-state index contributed by atoms with van der Waals surface area (Å²) in [6.07, 6.45) is 8.50. The molecule has 25 heavy (non-hydrogen) atoms. The first-order valence-corrected chi connectivity index (χ1v) is 9.05. The largest absolute Gasteiger partial charge is 0.376 e. The van der Waals surface area contributed by atoms with Crippen molar-refractivity contribution in [3.8, 4) is 11.4 Å². The lowest BCUT2D eigenvalue weighted by molar-refractivity contribution is -0.0433. The highest BCUT2D eigenvalue weighted by Crippen LogP contribution is 2.20. The average molecular weight is 344 g/mol. The number of hydrogen-bond donors (Lipinski definition) is 0. The predicted octanol–water partition coefficient (Wildman–Crippen LogP) is 2.29. The van der Waals surface area contributed by atoms with Crippen LogP contribution in [0.4, 0.5) is 0 Å². The minimum atomic E-state index is 0.308. The van der Waals surface area contributed by atoms with Gasteiger partial charge in [-0.05, 0) is 37.8 Å². The van der Waals surface area contributed by atoms with Crippen LogP contribution in [0.5, 0.6) is 0 Å². The van der Waals surface area contributed by atoms with Crippen LogP contribution in [0.2, 0.25) is 0 Å². The number of ether oxygens (including phenoxy) is 2. The van der Waals surface area contributed by atoms with Gasteiger partial charge in [0.15, 0.2) is 0 Å². The molecule has 2 saturated heterocycles. The van der Waals surface area contributed by atoms with Crippen LogP contribution < -0.4 is 0 Å². The number of aromatic nitrogens is 3. The van der Waals surface area contributed by atoms with Gasteiger partial charge >= 0.3 is 0 Å². The first-order chi connectivity index (χ1) is 12.4. The third-order valence-corrected chi connectivity index (χ3v) is 4.82. The minimum absolute atomic E-state index is 0.308. The Bertz CT molecular complexity index is 649. The normalized spacial score (nSPS) is 22.5. The fraction of sp³-hybridized carbons (Fsp3) is 0.611. The van der Waals surface area contributed by atoms with Crippen molar-refractivity contribution < 1.29 is 14.0 Å². The van der Waals surface area contributed by atoms with Gasteiger partial charge in [-0.1, -0.05) is 5.16 Å². The second-order valence-corrected chi connectivity index (χ2v) is 6.70. The summed E-state index contributed by atoms with van der Waals surface area (Å²) in [5.74, 6) is 1.25. The third kappa shape index (κ3) is 4.42. The van der Waals surface area contributed by atoms with Gasteiger partial charge in [-0.25, -0.2) is 0 Å². The number of pyridine rings is 1. The Morgan fingerprint density at radius 2 is 2.16 bits per heavy atom. The van der Waals surface area contributed by atoms with E-state index in [4.69, 9.17) is 14.0 Å². The quantitative estimate of drug-likeness (QED) is 0.796. The van der Waals surface area contributed by atoms with Crippen LogP contribution in [0, 0.1) is 0 Å². The van der Waals surface area contributed by atoms with Crippen molar-refractivity contribution in [1.82, 2.24) is 20.0 Å². The predicted molar refractivity (Wildman–Crippen MR) is 90.8 cm³/mol. The molecule has 7 heteroatoms. The van der Waals surface area contributed by atoms with Gasteiger partial charge in [-0.3, -0.25) is 9.88 Å². The molecule has 0 radical (unpaired) electrons. The van der Waals surface area contributed by atoms with Crippen LogP contribution in [-0.4, -0.2) is 58.5 Å². The summed E-state index contributed by atoms with van der Waals surface area (Å²) < 4.78 is 17.0. The summed E-state index contributed by atoms with van der Waals surface area (Å²) >= 11 is 0. The smallest absolute Gasteiger partial charge is 0.241 e. The number of hydrogen-bond acceptors (Lipinski definition) is 7. The Hall–Kier alpha value is -1.83. The molecule has 4 rings (SSSR count). The topological polar surface area (TPSA) is 73.5 Å². The first-order valence-electron chi connectivity index (χ1n) is 9.05. The fourth-order valence-corrected chi connectivity index (χ4v) is 3.38. The van der Waals surface area contributed by atoms with Gasteiger partial charge in [0, 0.05) is 37.7 Å². The Morgan fingerprint density at radius 3 is 2.92 bits per heavy atom. The van der Waals surface area contributed by atoms with Crippen molar-refractivity contribution in [3.05, 3.63) is 30.4 Å². The van der Waals surface area contributed by atoms with Gasteiger partial charge in [-0.2, -0.15) is 4.98 Å². The molecule has 0 N–H and O–H groups in total. The van der Waals surface area contributed by atoms with E-state index in [-0.39, 0.29) is 0 Å². The number of piperidine rings is 1. The van der Waals surface area contributed by atoms with Crippen molar-refractivity contribution in [2.75, 3.05) is 26.3 Å². The molecule has 0 amide bonds. The van der Waals surface area contributed by atoms with Gasteiger partial charge in [0.25, 0.3) is 0 Å². The molecule has 0 aromatic carbocycles. The van der Waals surface area contributed by atoms with Crippen LogP contribution in [0.15, 0.2) is 29.0 Å². The van der Waals surface area contributed by atoms with Crippen molar-refractivity contribution in [2.24, 2.45) is 0 Å². The van der Waals surface area contributed by atoms with Crippen molar-refractivity contribution in [3.63, 3.8) is 0 Å². The Balaban J connectivity index is 1.23. The van der Waals surface area contributed by atoms with Crippen molar-refractivity contribution in [1.29, 1.82) is 0 Å². The number of rotatable bonds is 6. The molecule has 2 aromatic heterocycles. The Labute approximate surface area is 147 Å². The Kier molecular flexibility index (Phi) is 5.34. The van der Waals surface area contributed by atoms with Gasteiger partial charge in [0.2, 0.25) is 11.7 Å². The summed E-state index contributed by atoms with van der Waals surface area (Å²) in [5, 5.41) is 4.05. The standard InChI is InChI=1S/C18H24N4O3/c1-3-14(11-19-7-1)18-20-17(25-21-18)12-22-8-5-15(6-9-22)24-13-16-4-2-10-23-16/h1,3,7,11,15-16H,2,4-6,8-10,12-13H2/t16-/m1/s1. The van der Waals surface area contributed by atoms with Gasteiger partial charge in [0.05, 0.1) is 25.4 Å². The van der Waals surface area contributed by atoms with E-state index in [1.165, 1.54) is 0 Å². The van der Waals surface area contributed by atoms with E-state index in [0.717, 1.165) is 57.6 Å². The molecule has 2 aliphatic heterocycles. The lowest BCUT2D eigenvalue weighted by atomic mass is 10.1. The number of nitrogens with zero attached hydrogens (tertiary/aromatic N) is 4. The lowest BCUT2D eigenvalue weighted by Gasteiger charge is -2.31. The minimum Gasteiger partial charge on any atom is -0.376 e. The first kappa shape index (κ1) is 16.6. The van der Waals surface area contributed by atoms with Crippen LogP contribution in [0.25, 0.3) is 11.4 Å². The lowest BCUT2D eigenvalue weighted by Crippen LogP contribution is -2.37. The zero-order valence-electron chi connectivity index (χ0n) is 14.3. The summed E-state index contributed by atoms with van der Waals surface area (Å²) in [4.78, 5) is 10.9. The summed E-state index contributed by atoms with van der Waals surface area (Å²) in [5.41, 5.74) is 0.874. The van der Waals surface area contributed by atoms with E-state index in [0.29, 0.717) is 30.5 Å². The molecule has 0 aliphatic carbocycles. The van der Waals surface area contributed by atoms with Crippen molar-refractivity contribution in [2.45, 2.75) is 44.4 Å². The molecular weight excluding hydrogens is 320 g/mol. The van der Waals surface area contributed by atoms with Crippen LogP contribution in [0.1, 0.15) is 31.6 Å². The van der Waals surface area contributed by atoms with Crippen LogP contribution in [0.3, 0.4) is 0 Å². The monoisotopic (exact) mass is 344 g/mol. The SMILES string of the molecule is c1cncc(-c2noc(CN3CCC(OC[C@H]4CCCO4)CC3)n2)c1. The van der Waals surface area contributed by atoms with Crippen LogP contribution >= 0.6 is 0 Å². The summed E-state index contributed by atoms with van der Waals surface area (Å²) in [7, 11) is 0. The van der Waals surface area contributed by atoms with E-state index in [1.807, 2.05) is 12.1 Å². The highest BCUT2D eigenvalue weighted by molar-refractivity contribution is 5.51. The summed E-state index contributed by atoms with van der Waals surface area (Å²) in [6, 6.07) is 3.80. The molecule has 2 aliphatic rings. The highest BCUT2D eigenvalue weighted by atomic mass is 16.5. The zero-order valence-corrected chi connectivity index (χ0v) is 14.3. The second-order valence-electron chi connectivity index (χ2n) is 6.70. The fourth-order valence-electron chi connectivity index (χ4n) is 3.38. The van der Waals surface area contributed by atoms with E-state index in [9.17, 15) is 0 Å². The molecule has 2 fully saturated rings. The molecule has 7 nitrogen and oxygen atoms in total. The molecule has 134 valence electrons. The van der Waals surface area contributed by atoms with Crippen molar-refractivity contribution >= 4 is 0 Å². The van der Waals surface area contributed by atoms with E-state index in [1.54, 1.807) is 12.4 Å². The van der Waals surface area contributed by atoms with Gasteiger partial charge < -0.3 is 14.0 Å². The molecule has 1 atom stereocenters. The molecule has 0 saturated carbocycles. The third-order valence-electron chi connectivity index (χ3n) is 4.82. The maximum absolute atomic E-state index is 6.02. The maximum Gasteiger partial charge on any atom is 0.241 e. The molecule has 0 bridgehead atoms. The van der Waals surface area contributed by atoms with E-state index in [2.05, 4.69) is 20.0 Å².